The monoisotopic (exact) mass is 471 g/mol. The van der Waals surface area contributed by atoms with Gasteiger partial charge in [0, 0.05) is 41.7 Å². The number of hydrogen-bond donors (Lipinski definition) is 3. The van der Waals surface area contributed by atoms with Gasteiger partial charge in [0.05, 0.1) is 11.3 Å². The average molecular weight is 471 g/mol. The van der Waals surface area contributed by atoms with Gasteiger partial charge in [0.25, 0.3) is 0 Å². The topological polar surface area (TPSA) is 69.3 Å². The molecule has 0 saturated heterocycles. The van der Waals surface area contributed by atoms with Crippen LogP contribution in [-0.4, -0.2) is 11.0 Å². The maximum atomic E-state index is 13.9. The Balaban J connectivity index is 1.51. The molecule has 3 aromatic rings. The molecular weight excluding hydrogens is 450 g/mol. The van der Waals surface area contributed by atoms with Crippen LogP contribution in [0.4, 0.5) is 39.4 Å². The van der Waals surface area contributed by atoms with Crippen LogP contribution >= 0.6 is 0 Å². The van der Waals surface area contributed by atoms with Crippen molar-refractivity contribution >= 4 is 23.1 Å². The number of carbonyl (C=O) groups excluding carboxylic acids is 1. The lowest BCUT2D eigenvalue weighted by Gasteiger charge is -2.37. The van der Waals surface area contributed by atoms with Crippen LogP contribution in [0.3, 0.4) is 0 Å². The second-order valence-electron chi connectivity index (χ2n) is 7.91. The summed E-state index contributed by atoms with van der Waals surface area (Å²) in [5, 5.41) is 8.03. The van der Waals surface area contributed by atoms with Crippen LogP contribution in [-0.2, 0) is 11.8 Å². The van der Waals surface area contributed by atoms with E-state index < -0.39 is 34.9 Å². The molecule has 176 valence electrons. The summed E-state index contributed by atoms with van der Waals surface area (Å²) in [6, 6.07) is 10.1. The van der Waals surface area contributed by atoms with Crippen molar-refractivity contribution in [2.75, 3.05) is 15.5 Å². The third-order valence-corrected chi connectivity index (χ3v) is 5.59. The molecule has 2 amide bonds. The standard InChI is InChI=1S/C24H21F4N5O/c1-15-13-18(33-12-11-30-23(33,2)16-7-9-29-10-8-16)4-6-20(15)31-22(34)32-21-14-17(24(26,27)28)3-5-19(21)25/h3-14,30H,1-2H3,(H2,31,32,34). The summed E-state index contributed by atoms with van der Waals surface area (Å²) in [6.07, 6.45) is 2.49. The Morgan fingerprint density at radius 3 is 2.41 bits per heavy atom. The van der Waals surface area contributed by atoms with Crippen molar-refractivity contribution in [3.63, 3.8) is 0 Å². The van der Waals surface area contributed by atoms with Crippen LogP contribution in [0.2, 0.25) is 0 Å². The molecule has 2 aromatic carbocycles. The Bertz CT molecular complexity index is 1250. The number of pyridine rings is 1. The van der Waals surface area contributed by atoms with E-state index in [1.165, 1.54) is 0 Å². The quantitative estimate of drug-likeness (QED) is 0.412. The number of halogens is 4. The van der Waals surface area contributed by atoms with Crippen LogP contribution in [0.15, 0.2) is 73.3 Å². The Morgan fingerprint density at radius 1 is 1.03 bits per heavy atom. The Kier molecular flexibility index (Phi) is 5.90. The van der Waals surface area contributed by atoms with Gasteiger partial charge in [-0.2, -0.15) is 13.2 Å². The summed E-state index contributed by atoms with van der Waals surface area (Å²) < 4.78 is 52.6. The summed E-state index contributed by atoms with van der Waals surface area (Å²) in [4.78, 5) is 18.5. The molecule has 1 aromatic heterocycles. The fourth-order valence-electron chi connectivity index (χ4n) is 3.75. The number of urea groups is 1. The number of nitrogens with one attached hydrogen (secondary N) is 3. The molecule has 2 heterocycles. The van der Waals surface area contributed by atoms with Gasteiger partial charge in [-0.15, -0.1) is 0 Å². The van der Waals surface area contributed by atoms with Gasteiger partial charge in [-0.25, -0.2) is 9.18 Å². The molecule has 0 radical (unpaired) electrons. The Labute approximate surface area is 193 Å². The summed E-state index contributed by atoms with van der Waals surface area (Å²) in [5.74, 6) is -0.973. The van der Waals surface area contributed by atoms with Crippen molar-refractivity contribution in [1.82, 2.24) is 10.3 Å². The van der Waals surface area contributed by atoms with E-state index in [2.05, 4.69) is 20.9 Å². The molecule has 6 nitrogen and oxygen atoms in total. The van der Waals surface area contributed by atoms with Crippen molar-refractivity contribution in [1.29, 1.82) is 0 Å². The molecule has 1 aliphatic heterocycles. The van der Waals surface area contributed by atoms with Gasteiger partial charge in [0.1, 0.15) is 11.5 Å². The van der Waals surface area contributed by atoms with E-state index in [0.29, 0.717) is 29.4 Å². The number of amides is 2. The van der Waals surface area contributed by atoms with Gasteiger partial charge in [-0.3, -0.25) is 4.98 Å². The largest absolute Gasteiger partial charge is 0.416 e. The molecule has 4 rings (SSSR count). The molecule has 3 N–H and O–H groups in total. The number of nitrogens with zero attached hydrogens (tertiary/aromatic N) is 2. The van der Waals surface area contributed by atoms with Crippen LogP contribution in [0.1, 0.15) is 23.6 Å². The normalized spacial score (nSPS) is 17.4. The first kappa shape index (κ1) is 23.1. The van der Waals surface area contributed by atoms with Crippen LogP contribution in [0.5, 0.6) is 0 Å². The van der Waals surface area contributed by atoms with Gasteiger partial charge >= 0.3 is 12.2 Å². The number of carbonyl (C=O) groups is 1. The third-order valence-electron chi connectivity index (χ3n) is 5.59. The first-order valence-electron chi connectivity index (χ1n) is 10.3. The molecule has 1 aliphatic rings. The molecule has 1 atom stereocenters. The molecule has 0 bridgehead atoms. The SMILES string of the molecule is Cc1cc(N2C=CNC2(C)c2ccncc2)ccc1NC(=O)Nc1cc(C(F)(F)F)ccc1F. The summed E-state index contributed by atoms with van der Waals surface area (Å²) in [6.45, 7) is 3.79. The maximum Gasteiger partial charge on any atom is 0.416 e. The first-order valence-corrected chi connectivity index (χ1v) is 10.3. The maximum absolute atomic E-state index is 13.9. The zero-order valence-electron chi connectivity index (χ0n) is 18.2. The highest BCUT2D eigenvalue weighted by Gasteiger charge is 2.35. The minimum Gasteiger partial charge on any atom is -0.364 e. The molecule has 0 fully saturated rings. The van der Waals surface area contributed by atoms with Gasteiger partial charge < -0.3 is 20.9 Å². The molecule has 0 aliphatic carbocycles. The third kappa shape index (κ3) is 4.52. The van der Waals surface area contributed by atoms with Gasteiger partial charge in [0.2, 0.25) is 0 Å². The molecule has 10 heteroatoms. The summed E-state index contributed by atoms with van der Waals surface area (Å²) in [7, 11) is 0. The van der Waals surface area contributed by atoms with E-state index in [1.807, 2.05) is 42.4 Å². The zero-order valence-corrected chi connectivity index (χ0v) is 18.2. The van der Waals surface area contributed by atoms with E-state index in [9.17, 15) is 22.4 Å². The second kappa shape index (κ2) is 8.69. The Hall–Kier alpha value is -4.08. The highest BCUT2D eigenvalue weighted by atomic mass is 19.4. The number of benzene rings is 2. The summed E-state index contributed by atoms with van der Waals surface area (Å²) in [5.41, 5.74) is 0.785. The lowest BCUT2D eigenvalue weighted by Crippen LogP contribution is -2.45. The molecule has 0 spiro atoms. The van der Waals surface area contributed by atoms with E-state index in [1.54, 1.807) is 31.5 Å². The van der Waals surface area contributed by atoms with E-state index in [4.69, 9.17) is 0 Å². The average Bonchev–Trinajstić information content (AvgIpc) is 3.19. The van der Waals surface area contributed by atoms with Crippen molar-refractivity contribution in [3.05, 3.63) is 95.8 Å². The van der Waals surface area contributed by atoms with Crippen molar-refractivity contribution in [2.24, 2.45) is 0 Å². The zero-order chi connectivity index (χ0) is 24.5. The van der Waals surface area contributed by atoms with Crippen LogP contribution in [0.25, 0.3) is 0 Å². The lowest BCUT2D eigenvalue weighted by atomic mass is 10.0. The lowest BCUT2D eigenvalue weighted by molar-refractivity contribution is -0.137. The molecule has 34 heavy (non-hydrogen) atoms. The van der Waals surface area contributed by atoms with Crippen molar-refractivity contribution in [3.8, 4) is 0 Å². The van der Waals surface area contributed by atoms with Crippen molar-refractivity contribution < 1.29 is 22.4 Å². The number of hydrogen-bond acceptors (Lipinski definition) is 4. The summed E-state index contributed by atoms with van der Waals surface area (Å²) >= 11 is 0. The fourth-order valence-corrected chi connectivity index (χ4v) is 3.75. The Morgan fingerprint density at radius 2 is 1.74 bits per heavy atom. The molecule has 0 saturated carbocycles. The van der Waals surface area contributed by atoms with Gasteiger partial charge in [-0.05, 0) is 67.9 Å². The van der Waals surface area contributed by atoms with E-state index in [-0.39, 0.29) is 0 Å². The minimum atomic E-state index is -4.66. The number of aromatic nitrogens is 1. The van der Waals surface area contributed by atoms with Crippen molar-refractivity contribution in [2.45, 2.75) is 25.7 Å². The van der Waals surface area contributed by atoms with Crippen LogP contribution < -0.4 is 20.9 Å². The molecular formula is C24H21F4N5O. The van der Waals surface area contributed by atoms with E-state index >= 15 is 0 Å². The fraction of sp³-hybridized carbons (Fsp3) is 0.167. The smallest absolute Gasteiger partial charge is 0.364 e. The van der Waals surface area contributed by atoms with Crippen LogP contribution in [0, 0.1) is 12.7 Å². The number of rotatable bonds is 4. The van der Waals surface area contributed by atoms with Gasteiger partial charge in [0.15, 0.2) is 0 Å². The molecule has 1 unspecified atom stereocenters. The predicted octanol–water partition coefficient (Wildman–Crippen LogP) is 5.95. The minimum absolute atomic E-state index is 0.426. The number of aryl methyl sites for hydroxylation is 1. The highest BCUT2D eigenvalue weighted by molar-refractivity contribution is 6.00. The van der Waals surface area contributed by atoms with E-state index in [0.717, 1.165) is 11.3 Å². The highest BCUT2D eigenvalue weighted by Crippen LogP contribution is 2.36. The number of anilines is 3. The number of alkyl halides is 3. The first-order chi connectivity index (χ1) is 16.1. The second-order valence-corrected chi connectivity index (χ2v) is 7.91. The predicted molar refractivity (Wildman–Crippen MR) is 122 cm³/mol. The van der Waals surface area contributed by atoms with Gasteiger partial charge in [-0.1, -0.05) is 0 Å².